The zero-order chi connectivity index (χ0) is 22.4. The van der Waals surface area contributed by atoms with Crippen molar-refractivity contribution in [2.75, 3.05) is 0 Å². The molecule has 1 N–H and O–H groups in total. The second kappa shape index (κ2) is 9.78. The molecule has 0 radical (unpaired) electrons. The minimum Gasteiger partial charge on any atom is -0.350 e. The Morgan fingerprint density at radius 1 is 0.903 bits per heavy atom. The molecule has 2 amide bonds. The lowest BCUT2D eigenvalue weighted by molar-refractivity contribution is -0.141. The minimum atomic E-state index is -0.556. The second-order valence-electron chi connectivity index (χ2n) is 9.06. The molecule has 0 aliphatic rings. The lowest BCUT2D eigenvalue weighted by Gasteiger charge is -2.31. The maximum atomic E-state index is 13.3. The highest BCUT2D eigenvalue weighted by Crippen LogP contribution is 2.21. The maximum absolute atomic E-state index is 13.3. The number of carbonyl (C=O) groups is 2. The molecule has 0 heterocycles. The number of hydrogen-bond donors (Lipinski definition) is 1. The molecule has 31 heavy (non-hydrogen) atoms. The zero-order valence-electron chi connectivity index (χ0n) is 18.9. The van der Waals surface area contributed by atoms with Crippen LogP contribution in [0.3, 0.4) is 0 Å². The average Bonchev–Trinajstić information content (AvgIpc) is 2.75. The first-order valence-electron chi connectivity index (χ1n) is 10.9. The van der Waals surface area contributed by atoms with Crippen LogP contribution >= 0.6 is 0 Å². The molecule has 0 spiro atoms. The van der Waals surface area contributed by atoms with Crippen LogP contribution in [-0.4, -0.2) is 28.3 Å². The summed E-state index contributed by atoms with van der Waals surface area (Å²) in [6.07, 6.45) is 0.993. The second-order valence-corrected chi connectivity index (χ2v) is 9.06. The molecule has 3 aromatic carbocycles. The zero-order valence-corrected chi connectivity index (χ0v) is 18.9. The highest BCUT2D eigenvalue weighted by molar-refractivity contribution is 5.89. The van der Waals surface area contributed by atoms with Crippen molar-refractivity contribution in [3.63, 3.8) is 0 Å². The number of rotatable bonds is 7. The Labute approximate surface area is 185 Å². The van der Waals surface area contributed by atoms with Gasteiger partial charge in [0, 0.05) is 18.5 Å². The Balaban J connectivity index is 1.78. The third-order valence-corrected chi connectivity index (χ3v) is 5.35. The predicted molar refractivity (Wildman–Crippen MR) is 127 cm³/mol. The monoisotopic (exact) mass is 416 g/mol. The topological polar surface area (TPSA) is 49.4 Å². The first-order valence-corrected chi connectivity index (χ1v) is 10.9. The lowest BCUT2D eigenvalue weighted by atomic mass is 10.0. The molecular formula is C27H32N2O2. The highest BCUT2D eigenvalue weighted by Gasteiger charge is 2.28. The molecule has 0 saturated heterocycles. The first kappa shape index (κ1) is 22.5. The summed E-state index contributed by atoms with van der Waals surface area (Å²) in [4.78, 5) is 27.8. The summed E-state index contributed by atoms with van der Waals surface area (Å²) in [5.74, 6) is -0.157. The van der Waals surface area contributed by atoms with Gasteiger partial charge in [0.15, 0.2) is 0 Å². The largest absolute Gasteiger partial charge is 0.350 e. The first-order chi connectivity index (χ1) is 14.7. The van der Waals surface area contributed by atoms with Gasteiger partial charge >= 0.3 is 0 Å². The van der Waals surface area contributed by atoms with Crippen LogP contribution in [0.5, 0.6) is 0 Å². The van der Waals surface area contributed by atoms with Gasteiger partial charge < -0.3 is 10.2 Å². The van der Waals surface area contributed by atoms with Crippen molar-refractivity contribution in [3.05, 3.63) is 83.9 Å². The van der Waals surface area contributed by atoms with Gasteiger partial charge in [-0.05, 0) is 56.0 Å². The van der Waals surface area contributed by atoms with E-state index in [-0.39, 0.29) is 17.4 Å². The molecule has 0 aliphatic carbocycles. The number of nitrogens with one attached hydrogen (secondary N) is 1. The van der Waals surface area contributed by atoms with Gasteiger partial charge in [0.2, 0.25) is 11.8 Å². The predicted octanol–water partition coefficient (Wildman–Crippen LogP) is 5.10. The van der Waals surface area contributed by atoms with Crippen molar-refractivity contribution < 1.29 is 9.59 Å². The molecule has 0 fully saturated rings. The molecule has 0 saturated carbocycles. The third-order valence-electron chi connectivity index (χ3n) is 5.35. The van der Waals surface area contributed by atoms with Crippen molar-refractivity contribution in [2.24, 2.45) is 0 Å². The molecule has 0 aromatic heterocycles. The van der Waals surface area contributed by atoms with E-state index in [9.17, 15) is 9.59 Å². The van der Waals surface area contributed by atoms with Crippen molar-refractivity contribution in [2.45, 2.75) is 58.7 Å². The fourth-order valence-corrected chi connectivity index (χ4v) is 3.73. The summed E-state index contributed by atoms with van der Waals surface area (Å²) >= 11 is 0. The van der Waals surface area contributed by atoms with Gasteiger partial charge in [0.05, 0.1) is 0 Å². The summed E-state index contributed by atoms with van der Waals surface area (Å²) in [5.41, 5.74) is 1.81. The van der Waals surface area contributed by atoms with Gasteiger partial charge in [0.25, 0.3) is 0 Å². The Morgan fingerprint density at radius 2 is 1.55 bits per heavy atom. The Kier molecular flexibility index (Phi) is 7.11. The highest BCUT2D eigenvalue weighted by atomic mass is 16.2. The molecule has 1 atom stereocenters. The van der Waals surface area contributed by atoms with E-state index >= 15 is 0 Å². The number of hydrogen-bond acceptors (Lipinski definition) is 2. The fourth-order valence-electron chi connectivity index (χ4n) is 3.73. The van der Waals surface area contributed by atoms with E-state index in [2.05, 4.69) is 29.6 Å². The van der Waals surface area contributed by atoms with Crippen molar-refractivity contribution in [1.82, 2.24) is 10.2 Å². The summed E-state index contributed by atoms with van der Waals surface area (Å²) in [6, 6.07) is 23.7. The van der Waals surface area contributed by atoms with Crippen LogP contribution in [0.4, 0.5) is 0 Å². The Bertz CT molecular complexity index is 1030. The van der Waals surface area contributed by atoms with Gasteiger partial charge in [0.1, 0.15) is 6.04 Å². The third kappa shape index (κ3) is 6.17. The van der Waals surface area contributed by atoms with Gasteiger partial charge in [-0.15, -0.1) is 0 Å². The lowest BCUT2D eigenvalue weighted by Crippen LogP contribution is -2.52. The minimum absolute atomic E-state index is 0.0200. The molecule has 162 valence electrons. The molecule has 0 bridgehead atoms. The normalized spacial score (nSPS) is 12.4. The standard InChI is InChI=1S/C27H32N2O2/c1-20(26(31)28-27(2,3)4)29(19-21-11-6-5-7-12-21)25(30)18-17-23-15-10-14-22-13-8-9-16-24(22)23/h5-16,20H,17-19H2,1-4H3,(H,28,31)/t20-/m1/s1. The van der Waals surface area contributed by atoms with Gasteiger partial charge in [-0.1, -0.05) is 72.8 Å². The van der Waals surface area contributed by atoms with Crippen LogP contribution in [-0.2, 0) is 22.6 Å². The van der Waals surface area contributed by atoms with Gasteiger partial charge in [-0.25, -0.2) is 0 Å². The Morgan fingerprint density at radius 3 is 2.26 bits per heavy atom. The van der Waals surface area contributed by atoms with Crippen LogP contribution in [0, 0.1) is 0 Å². The molecule has 0 unspecified atom stereocenters. The summed E-state index contributed by atoms with van der Waals surface area (Å²) in [5, 5.41) is 5.35. The average molecular weight is 417 g/mol. The number of aryl methyl sites for hydroxylation is 1. The summed E-state index contributed by atoms with van der Waals surface area (Å²) < 4.78 is 0. The number of fused-ring (bicyclic) bond motifs is 1. The number of amides is 2. The SMILES string of the molecule is C[C@H](C(=O)NC(C)(C)C)N(Cc1ccccc1)C(=O)CCc1cccc2ccccc12. The van der Waals surface area contributed by atoms with Gasteiger partial charge in [-0.3, -0.25) is 9.59 Å². The van der Waals surface area contributed by atoms with Crippen molar-refractivity contribution in [3.8, 4) is 0 Å². The number of benzene rings is 3. The molecule has 3 aromatic rings. The van der Waals surface area contributed by atoms with E-state index in [1.165, 1.54) is 10.8 Å². The van der Waals surface area contributed by atoms with E-state index in [0.717, 1.165) is 11.1 Å². The number of carbonyl (C=O) groups excluding carboxylic acids is 2. The summed E-state index contributed by atoms with van der Waals surface area (Å²) in [6.45, 7) is 8.05. The Hall–Kier alpha value is -3.14. The smallest absolute Gasteiger partial charge is 0.242 e. The van der Waals surface area contributed by atoms with Gasteiger partial charge in [-0.2, -0.15) is 0 Å². The van der Waals surface area contributed by atoms with E-state index in [1.54, 1.807) is 11.8 Å². The fraction of sp³-hybridized carbons (Fsp3) is 0.333. The quantitative estimate of drug-likeness (QED) is 0.582. The van der Waals surface area contributed by atoms with Crippen LogP contribution in [0.2, 0.25) is 0 Å². The van der Waals surface area contributed by atoms with Crippen LogP contribution in [0.15, 0.2) is 72.8 Å². The molecular weight excluding hydrogens is 384 g/mol. The molecule has 4 heteroatoms. The van der Waals surface area contributed by atoms with Crippen LogP contribution in [0.25, 0.3) is 10.8 Å². The van der Waals surface area contributed by atoms with Crippen LogP contribution < -0.4 is 5.32 Å². The van der Waals surface area contributed by atoms with Crippen molar-refractivity contribution >= 4 is 22.6 Å². The molecule has 3 rings (SSSR count). The molecule has 4 nitrogen and oxygen atoms in total. The van der Waals surface area contributed by atoms with Crippen molar-refractivity contribution in [1.29, 1.82) is 0 Å². The van der Waals surface area contributed by atoms with E-state index in [4.69, 9.17) is 0 Å². The summed E-state index contributed by atoms with van der Waals surface area (Å²) in [7, 11) is 0. The maximum Gasteiger partial charge on any atom is 0.242 e. The number of nitrogens with zero attached hydrogens (tertiary/aromatic N) is 1. The van der Waals surface area contributed by atoms with E-state index in [1.807, 2.05) is 69.3 Å². The molecule has 0 aliphatic heterocycles. The van der Waals surface area contributed by atoms with E-state index in [0.29, 0.717) is 19.4 Å². The van der Waals surface area contributed by atoms with E-state index < -0.39 is 6.04 Å². The van der Waals surface area contributed by atoms with Crippen LogP contribution in [0.1, 0.15) is 45.2 Å².